The lowest BCUT2D eigenvalue weighted by Crippen LogP contribution is -2.09. The molecule has 0 aliphatic carbocycles. The average Bonchev–Trinajstić information content (AvgIpc) is 2.49. The summed E-state index contributed by atoms with van der Waals surface area (Å²) >= 11 is 11.5. The van der Waals surface area contributed by atoms with Crippen LogP contribution in [-0.2, 0) is 0 Å². The molecule has 0 unspecified atom stereocenters. The van der Waals surface area contributed by atoms with Crippen LogP contribution >= 0.6 is 23.2 Å². The normalized spacial score (nSPS) is 10.6. The second-order valence-electron chi connectivity index (χ2n) is 4.34. The second kappa shape index (κ2) is 5.79. The molecule has 5 nitrogen and oxygen atoms in total. The zero-order chi connectivity index (χ0) is 15.7. The van der Waals surface area contributed by atoms with Crippen molar-refractivity contribution in [3.8, 4) is 5.75 Å². The highest BCUT2D eigenvalue weighted by Crippen LogP contribution is 2.23. The number of aromatic nitrogens is 1. The molecule has 1 aromatic carbocycles. The van der Waals surface area contributed by atoms with Crippen LogP contribution in [0, 0.1) is 0 Å². The molecule has 0 saturated heterocycles. The van der Waals surface area contributed by atoms with Crippen LogP contribution in [0.15, 0.2) is 51.8 Å². The molecule has 0 bridgehead atoms. The summed E-state index contributed by atoms with van der Waals surface area (Å²) in [6.45, 7) is 0. The molecule has 3 aromatic rings. The minimum Gasteiger partial charge on any atom is -0.423 e. The summed E-state index contributed by atoms with van der Waals surface area (Å²) in [5, 5.41) is 0.974. The molecule has 0 saturated carbocycles. The van der Waals surface area contributed by atoms with E-state index >= 15 is 0 Å². The van der Waals surface area contributed by atoms with E-state index in [2.05, 4.69) is 4.98 Å². The van der Waals surface area contributed by atoms with E-state index in [0.29, 0.717) is 5.58 Å². The van der Waals surface area contributed by atoms with E-state index in [-0.39, 0.29) is 21.5 Å². The molecular weight excluding hydrogens is 329 g/mol. The van der Waals surface area contributed by atoms with Crippen LogP contribution in [0.1, 0.15) is 10.4 Å². The molecule has 0 aliphatic heterocycles. The van der Waals surface area contributed by atoms with E-state index in [0.717, 1.165) is 5.39 Å². The van der Waals surface area contributed by atoms with Gasteiger partial charge in [-0.3, -0.25) is 0 Å². The Hall–Kier alpha value is -2.37. The van der Waals surface area contributed by atoms with E-state index in [1.54, 1.807) is 18.2 Å². The molecule has 0 atom stereocenters. The van der Waals surface area contributed by atoms with Crippen molar-refractivity contribution in [1.29, 1.82) is 0 Å². The van der Waals surface area contributed by atoms with Crippen molar-refractivity contribution in [2.75, 3.05) is 0 Å². The van der Waals surface area contributed by atoms with Gasteiger partial charge in [-0.2, -0.15) is 0 Å². The first-order chi connectivity index (χ1) is 10.5. The fourth-order valence-corrected chi connectivity index (χ4v) is 2.07. The number of rotatable bonds is 2. The molecular formula is C15H7Cl2NO4. The standard InChI is InChI=1S/C15H7Cl2NO4/c16-11-5-9(7-18-14(11)17)15(20)21-10-3-1-8-2-4-13(19)22-12(8)6-10/h1-7H. The average molecular weight is 336 g/mol. The lowest BCUT2D eigenvalue weighted by molar-refractivity contribution is 0.0734. The third-order valence-corrected chi connectivity index (χ3v) is 3.52. The largest absolute Gasteiger partial charge is 0.423 e. The Balaban J connectivity index is 1.90. The predicted octanol–water partition coefficient (Wildman–Crippen LogP) is 3.71. The summed E-state index contributed by atoms with van der Waals surface area (Å²) in [4.78, 5) is 27.0. The number of fused-ring (bicyclic) bond motifs is 1. The van der Waals surface area contributed by atoms with Crippen LogP contribution in [0.2, 0.25) is 10.2 Å². The van der Waals surface area contributed by atoms with Gasteiger partial charge in [-0.15, -0.1) is 0 Å². The number of ether oxygens (including phenoxy) is 1. The number of carbonyl (C=O) groups is 1. The Bertz CT molecular complexity index is 936. The van der Waals surface area contributed by atoms with Crippen molar-refractivity contribution >= 4 is 40.1 Å². The van der Waals surface area contributed by atoms with Gasteiger partial charge in [0.05, 0.1) is 10.6 Å². The van der Waals surface area contributed by atoms with Gasteiger partial charge in [0.15, 0.2) is 0 Å². The minimum atomic E-state index is -0.649. The lowest BCUT2D eigenvalue weighted by Gasteiger charge is -2.05. The highest BCUT2D eigenvalue weighted by molar-refractivity contribution is 6.41. The summed E-state index contributed by atoms with van der Waals surface area (Å²) in [6, 6.07) is 9.02. The smallest absolute Gasteiger partial charge is 0.345 e. The molecule has 22 heavy (non-hydrogen) atoms. The zero-order valence-corrected chi connectivity index (χ0v) is 12.4. The summed E-state index contributed by atoms with van der Waals surface area (Å²) in [6.07, 6.45) is 1.26. The number of hydrogen-bond donors (Lipinski definition) is 0. The maximum atomic E-state index is 12.0. The van der Waals surface area contributed by atoms with Gasteiger partial charge >= 0.3 is 11.6 Å². The van der Waals surface area contributed by atoms with Gasteiger partial charge in [0.25, 0.3) is 0 Å². The van der Waals surface area contributed by atoms with Crippen LogP contribution in [0.4, 0.5) is 0 Å². The molecule has 0 spiro atoms. The first-order valence-corrected chi connectivity index (χ1v) is 6.86. The predicted molar refractivity (Wildman–Crippen MR) is 81.7 cm³/mol. The highest BCUT2D eigenvalue weighted by atomic mass is 35.5. The third kappa shape index (κ3) is 2.95. The van der Waals surface area contributed by atoms with E-state index < -0.39 is 11.6 Å². The van der Waals surface area contributed by atoms with Crippen molar-refractivity contribution in [3.05, 3.63) is 68.8 Å². The van der Waals surface area contributed by atoms with Crippen LogP contribution in [0.25, 0.3) is 11.0 Å². The summed E-state index contributed by atoms with van der Waals surface area (Å²) in [5.41, 5.74) is -0.00117. The Labute approximate surface area is 134 Å². The molecule has 2 heterocycles. The fraction of sp³-hybridized carbons (Fsp3) is 0. The Morgan fingerprint density at radius 3 is 2.68 bits per heavy atom. The first-order valence-electron chi connectivity index (χ1n) is 6.10. The van der Waals surface area contributed by atoms with E-state index in [1.165, 1.54) is 24.4 Å². The van der Waals surface area contributed by atoms with Gasteiger partial charge < -0.3 is 9.15 Å². The fourth-order valence-electron chi connectivity index (χ4n) is 1.80. The second-order valence-corrected chi connectivity index (χ2v) is 5.11. The van der Waals surface area contributed by atoms with Gasteiger partial charge in [-0.25, -0.2) is 14.6 Å². The van der Waals surface area contributed by atoms with Gasteiger partial charge in [0.2, 0.25) is 0 Å². The van der Waals surface area contributed by atoms with Crippen LogP contribution in [-0.4, -0.2) is 11.0 Å². The number of hydrogen-bond acceptors (Lipinski definition) is 5. The molecule has 7 heteroatoms. The van der Waals surface area contributed by atoms with Crippen LogP contribution < -0.4 is 10.4 Å². The molecule has 2 aromatic heterocycles. The number of halogens is 2. The third-order valence-electron chi connectivity index (χ3n) is 2.84. The Kier molecular flexibility index (Phi) is 3.83. The van der Waals surface area contributed by atoms with Gasteiger partial charge in [-0.05, 0) is 24.3 Å². The van der Waals surface area contributed by atoms with Gasteiger partial charge in [-0.1, -0.05) is 23.2 Å². The van der Waals surface area contributed by atoms with Crippen molar-refractivity contribution in [3.63, 3.8) is 0 Å². The maximum Gasteiger partial charge on any atom is 0.345 e. The van der Waals surface area contributed by atoms with Crippen molar-refractivity contribution in [1.82, 2.24) is 4.98 Å². The van der Waals surface area contributed by atoms with Crippen molar-refractivity contribution in [2.45, 2.75) is 0 Å². The number of benzene rings is 1. The number of esters is 1. The molecule has 0 amide bonds. The van der Waals surface area contributed by atoms with E-state index in [1.807, 2.05) is 0 Å². The number of carbonyl (C=O) groups excluding carboxylic acids is 1. The van der Waals surface area contributed by atoms with Crippen LogP contribution in [0.3, 0.4) is 0 Å². The molecule has 0 radical (unpaired) electrons. The van der Waals surface area contributed by atoms with Crippen molar-refractivity contribution < 1.29 is 13.9 Å². The van der Waals surface area contributed by atoms with E-state index in [9.17, 15) is 9.59 Å². The van der Waals surface area contributed by atoms with Gasteiger partial charge in [0.1, 0.15) is 16.5 Å². The molecule has 3 rings (SSSR count). The highest BCUT2D eigenvalue weighted by Gasteiger charge is 2.12. The molecule has 0 fully saturated rings. The summed E-state index contributed by atoms with van der Waals surface area (Å²) < 4.78 is 10.2. The van der Waals surface area contributed by atoms with Gasteiger partial charge in [0, 0.05) is 23.7 Å². The molecule has 0 N–H and O–H groups in total. The number of pyridine rings is 1. The zero-order valence-electron chi connectivity index (χ0n) is 10.9. The number of nitrogens with zero attached hydrogens (tertiary/aromatic N) is 1. The topological polar surface area (TPSA) is 69.4 Å². The summed E-state index contributed by atoms with van der Waals surface area (Å²) in [7, 11) is 0. The quantitative estimate of drug-likeness (QED) is 0.309. The molecule has 0 aliphatic rings. The van der Waals surface area contributed by atoms with Crippen molar-refractivity contribution in [2.24, 2.45) is 0 Å². The Morgan fingerprint density at radius 1 is 1.14 bits per heavy atom. The monoisotopic (exact) mass is 335 g/mol. The minimum absolute atomic E-state index is 0.102. The maximum absolute atomic E-state index is 12.0. The summed E-state index contributed by atoms with van der Waals surface area (Å²) in [5.74, 6) is -0.415. The first kappa shape index (κ1) is 14.6. The Morgan fingerprint density at radius 2 is 1.91 bits per heavy atom. The van der Waals surface area contributed by atoms with Crippen LogP contribution in [0.5, 0.6) is 5.75 Å². The lowest BCUT2D eigenvalue weighted by atomic mass is 10.2. The van der Waals surface area contributed by atoms with E-state index in [4.69, 9.17) is 32.4 Å². The molecule has 110 valence electrons. The SMILES string of the molecule is O=C(Oc1ccc2ccc(=O)oc2c1)c1cnc(Cl)c(Cl)c1.